The van der Waals surface area contributed by atoms with Crippen LogP contribution in [0.5, 0.6) is 0 Å². The molecular formula is C24H25FN4O3S. The van der Waals surface area contributed by atoms with Gasteiger partial charge in [0.25, 0.3) is 0 Å². The van der Waals surface area contributed by atoms with Gasteiger partial charge in [-0.1, -0.05) is 0 Å². The number of Topliss-reactive ketones (excluding diaryl/α,β-unsaturated/α-hetero) is 1. The fourth-order valence-corrected chi connectivity index (χ4v) is 6.50. The van der Waals surface area contributed by atoms with Gasteiger partial charge in [0.2, 0.25) is 0 Å². The number of carbonyl (C=O) groups is 1. The van der Waals surface area contributed by atoms with Crippen molar-refractivity contribution in [2.24, 2.45) is 5.92 Å². The Bertz CT molecular complexity index is 1280. The molecule has 0 aliphatic heterocycles. The number of aryl methyl sites for hydroxylation is 1. The highest BCUT2D eigenvalue weighted by atomic mass is 32.2. The zero-order valence-electron chi connectivity index (χ0n) is 18.3. The highest BCUT2D eigenvalue weighted by molar-refractivity contribution is 7.92. The molecule has 0 saturated heterocycles. The lowest BCUT2D eigenvalue weighted by atomic mass is 9.80. The van der Waals surface area contributed by atoms with E-state index in [9.17, 15) is 17.6 Å². The van der Waals surface area contributed by atoms with Gasteiger partial charge in [0.15, 0.2) is 9.84 Å². The summed E-state index contributed by atoms with van der Waals surface area (Å²) in [5.74, 6) is 0.377. The third-order valence-electron chi connectivity index (χ3n) is 6.58. The zero-order valence-corrected chi connectivity index (χ0v) is 19.1. The van der Waals surface area contributed by atoms with Crippen molar-refractivity contribution < 1.29 is 17.6 Å². The SMILES string of the molecule is Cc1ncc(-n2cc(CC(=O)C[C@@H]3CC[C@@H]3S(=O)(=O)c3ccc(F)cc3)c(C3CC3)n2)cn1. The Morgan fingerprint density at radius 2 is 1.79 bits per heavy atom. The van der Waals surface area contributed by atoms with Crippen molar-refractivity contribution in [2.45, 2.75) is 61.5 Å². The molecule has 0 spiro atoms. The highest BCUT2D eigenvalue weighted by Crippen LogP contribution is 2.42. The molecule has 7 nitrogen and oxygen atoms in total. The van der Waals surface area contributed by atoms with Crippen molar-refractivity contribution in [1.29, 1.82) is 0 Å². The van der Waals surface area contributed by atoms with Gasteiger partial charge in [0, 0.05) is 30.5 Å². The maximum atomic E-state index is 13.2. The van der Waals surface area contributed by atoms with Crippen LogP contribution in [0, 0.1) is 18.7 Å². The van der Waals surface area contributed by atoms with E-state index in [4.69, 9.17) is 5.10 Å². The molecule has 0 amide bonds. The van der Waals surface area contributed by atoms with Gasteiger partial charge in [-0.3, -0.25) is 4.79 Å². The van der Waals surface area contributed by atoms with Gasteiger partial charge in [-0.25, -0.2) is 27.5 Å². The average molecular weight is 469 g/mol. The number of hydrogen-bond acceptors (Lipinski definition) is 6. The number of ketones is 1. The van der Waals surface area contributed by atoms with Crippen molar-refractivity contribution in [3.8, 4) is 5.69 Å². The maximum Gasteiger partial charge on any atom is 0.181 e. The number of carbonyl (C=O) groups excluding carboxylic acids is 1. The second kappa shape index (κ2) is 8.44. The molecule has 0 unspecified atom stereocenters. The molecule has 2 aromatic heterocycles. The molecule has 172 valence electrons. The molecular weight excluding hydrogens is 443 g/mol. The van der Waals surface area contributed by atoms with E-state index in [1.807, 2.05) is 13.1 Å². The lowest BCUT2D eigenvalue weighted by molar-refractivity contribution is -0.119. The molecule has 0 N–H and O–H groups in total. The third kappa shape index (κ3) is 4.46. The van der Waals surface area contributed by atoms with Crippen LogP contribution in [0.1, 0.15) is 55.1 Å². The molecule has 1 aromatic carbocycles. The summed E-state index contributed by atoms with van der Waals surface area (Å²) in [5.41, 5.74) is 2.57. The summed E-state index contributed by atoms with van der Waals surface area (Å²) in [6.07, 6.45) is 9.07. The zero-order chi connectivity index (χ0) is 23.2. The third-order valence-corrected chi connectivity index (χ3v) is 8.93. The maximum absolute atomic E-state index is 13.2. The molecule has 2 saturated carbocycles. The molecule has 0 radical (unpaired) electrons. The van der Waals surface area contributed by atoms with Gasteiger partial charge in [-0.2, -0.15) is 5.10 Å². The van der Waals surface area contributed by atoms with Crippen molar-refractivity contribution in [3.05, 3.63) is 65.8 Å². The minimum Gasteiger partial charge on any atom is -0.299 e. The Morgan fingerprint density at radius 1 is 1.09 bits per heavy atom. The number of halogens is 1. The average Bonchev–Trinajstić information content (AvgIpc) is 3.52. The predicted octanol–water partition coefficient (Wildman–Crippen LogP) is 3.74. The summed E-state index contributed by atoms with van der Waals surface area (Å²) < 4.78 is 40.8. The van der Waals surface area contributed by atoms with E-state index in [0.717, 1.165) is 41.9 Å². The van der Waals surface area contributed by atoms with Gasteiger partial charge in [-0.15, -0.1) is 0 Å². The molecule has 2 aliphatic carbocycles. The fourth-order valence-electron chi connectivity index (χ4n) is 4.45. The molecule has 2 atom stereocenters. The van der Waals surface area contributed by atoms with Crippen LogP contribution in [0.2, 0.25) is 0 Å². The first-order valence-electron chi connectivity index (χ1n) is 11.2. The number of hydrogen-bond donors (Lipinski definition) is 0. The van der Waals surface area contributed by atoms with E-state index in [2.05, 4.69) is 9.97 Å². The van der Waals surface area contributed by atoms with E-state index in [1.54, 1.807) is 17.1 Å². The van der Waals surface area contributed by atoms with E-state index in [1.165, 1.54) is 12.1 Å². The number of nitrogens with zero attached hydrogens (tertiary/aromatic N) is 4. The Morgan fingerprint density at radius 3 is 2.39 bits per heavy atom. The summed E-state index contributed by atoms with van der Waals surface area (Å²) in [4.78, 5) is 21.5. The number of aromatic nitrogens is 4. The molecule has 33 heavy (non-hydrogen) atoms. The summed E-state index contributed by atoms with van der Waals surface area (Å²) in [6, 6.07) is 4.91. The molecule has 0 bridgehead atoms. The predicted molar refractivity (Wildman–Crippen MR) is 119 cm³/mol. The fraction of sp³-hybridized carbons (Fsp3) is 0.417. The second-order valence-electron chi connectivity index (χ2n) is 9.04. The van der Waals surface area contributed by atoms with Crippen LogP contribution in [0.15, 0.2) is 47.8 Å². The van der Waals surface area contributed by atoms with E-state index >= 15 is 0 Å². The summed E-state index contributed by atoms with van der Waals surface area (Å²) >= 11 is 0. The van der Waals surface area contributed by atoms with Gasteiger partial charge in [0.1, 0.15) is 23.1 Å². The van der Waals surface area contributed by atoms with Crippen LogP contribution in [0.3, 0.4) is 0 Å². The summed E-state index contributed by atoms with van der Waals surface area (Å²) in [7, 11) is -3.58. The number of rotatable bonds is 8. The molecule has 3 aromatic rings. The van der Waals surface area contributed by atoms with Gasteiger partial charge >= 0.3 is 0 Å². The normalized spacial score (nSPS) is 20.4. The lowest BCUT2D eigenvalue weighted by Crippen LogP contribution is -2.40. The quantitative estimate of drug-likeness (QED) is 0.468. The van der Waals surface area contributed by atoms with Crippen LogP contribution in [-0.2, 0) is 21.1 Å². The monoisotopic (exact) mass is 468 g/mol. The van der Waals surface area contributed by atoms with Gasteiger partial charge in [0.05, 0.1) is 28.2 Å². The summed E-state index contributed by atoms with van der Waals surface area (Å²) in [5, 5.41) is 4.10. The first kappa shape index (κ1) is 21.9. The van der Waals surface area contributed by atoms with Gasteiger partial charge < -0.3 is 0 Å². The smallest absolute Gasteiger partial charge is 0.181 e. The van der Waals surface area contributed by atoms with Gasteiger partial charge in [-0.05, 0) is 62.8 Å². The molecule has 5 rings (SSSR count). The number of sulfone groups is 1. The largest absolute Gasteiger partial charge is 0.299 e. The molecule has 9 heteroatoms. The van der Waals surface area contributed by atoms with E-state index < -0.39 is 20.9 Å². The Kier molecular flexibility index (Phi) is 5.60. The van der Waals surface area contributed by atoms with E-state index in [-0.39, 0.29) is 29.4 Å². The Labute approximate surface area is 192 Å². The van der Waals surface area contributed by atoms with Crippen LogP contribution in [0.25, 0.3) is 5.69 Å². The topological polar surface area (TPSA) is 94.8 Å². The Hall–Kier alpha value is -2.94. The van der Waals surface area contributed by atoms with Crippen LogP contribution in [0.4, 0.5) is 4.39 Å². The van der Waals surface area contributed by atoms with Crippen molar-refractivity contribution >= 4 is 15.6 Å². The number of benzene rings is 1. The van der Waals surface area contributed by atoms with Crippen molar-refractivity contribution in [2.75, 3.05) is 0 Å². The summed E-state index contributed by atoms with van der Waals surface area (Å²) in [6.45, 7) is 1.82. The molecule has 2 aliphatic rings. The minimum absolute atomic E-state index is 0.0145. The first-order valence-corrected chi connectivity index (χ1v) is 12.7. The Balaban J connectivity index is 1.29. The molecule has 2 fully saturated rings. The van der Waals surface area contributed by atoms with Crippen LogP contribution in [-0.4, -0.2) is 39.2 Å². The highest BCUT2D eigenvalue weighted by Gasteiger charge is 2.42. The molecule has 2 heterocycles. The first-order chi connectivity index (χ1) is 15.8. The van der Waals surface area contributed by atoms with E-state index in [0.29, 0.717) is 24.6 Å². The minimum atomic E-state index is -3.58. The van der Waals surface area contributed by atoms with Crippen LogP contribution < -0.4 is 0 Å². The standard InChI is InChI=1S/C24H25FN4O3S/c1-15-26-12-20(13-27-15)29-14-18(24(28-29)16-2-3-16)11-21(30)10-17-4-9-23(17)33(31,32)22-7-5-19(25)6-8-22/h5-8,12-14,16-17,23H,2-4,9-11H2,1H3/t17-,23-/m0/s1. The lowest BCUT2D eigenvalue weighted by Gasteiger charge is -2.35. The van der Waals surface area contributed by atoms with Crippen molar-refractivity contribution in [3.63, 3.8) is 0 Å². The van der Waals surface area contributed by atoms with Crippen molar-refractivity contribution in [1.82, 2.24) is 19.7 Å². The van der Waals surface area contributed by atoms with Crippen LogP contribution >= 0.6 is 0 Å². The second-order valence-corrected chi connectivity index (χ2v) is 11.2.